The lowest BCUT2D eigenvalue weighted by Gasteiger charge is -2.24. The molecule has 1 saturated heterocycles. The predicted molar refractivity (Wildman–Crippen MR) is 116 cm³/mol. The highest BCUT2D eigenvalue weighted by atomic mass is 19.1. The van der Waals surface area contributed by atoms with Crippen LogP contribution < -0.4 is 31.9 Å². The molecule has 2 aliphatic rings. The molecule has 1 aromatic carbocycles. The van der Waals surface area contributed by atoms with Gasteiger partial charge in [-0.1, -0.05) is 19.4 Å². The lowest BCUT2D eigenvalue weighted by Crippen LogP contribution is -2.48. The lowest BCUT2D eigenvalue weighted by atomic mass is 10.1. The summed E-state index contributed by atoms with van der Waals surface area (Å²) in [7, 11) is 0. The first kappa shape index (κ1) is 22.2. The highest BCUT2D eigenvalue weighted by Gasteiger charge is 2.20. The van der Waals surface area contributed by atoms with E-state index in [2.05, 4.69) is 27.2 Å². The Labute approximate surface area is 184 Å². The normalized spacial score (nSPS) is 17.2. The molecule has 1 aromatic heterocycles. The van der Waals surface area contributed by atoms with Crippen LogP contribution in [0.4, 0.5) is 10.1 Å². The molecule has 0 spiro atoms. The van der Waals surface area contributed by atoms with Crippen LogP contribution in [0.3, 0.4) is 0 Å². The Kier molecular flexibility index (Phi) is 7.01. The molecule has 3 heterocycles. The molecule has 9 nitrogen and oxygen atoms in total. The third kappa shape index (κ3) is 5.08. The van der Waals surface area contributed by atoms with Gasteiger partial charge in [-0.05, 0) is 25.0 Å². The zero-order valence-corrected chi connectivity index (χ0v) is 17.9. The number of benzene rings is 1. The smallest absolute Gasteiger partial charge is 0.274 e. The van der Waals surface area contributed by atoms with Crippen molar-refractivity contribution in [3.63, 3.8) is 0 Å². The number of morpholine rings is 1. The van der Waals surface area contributed by atoms with Crippen molar-refractivity contribution in [2.75, 3.05) is 26.3 Å². The molecule has 0 radical (unpaired) electrons. The van der Waals surface area contributed by atoms with Crippen LogP contribution >= 0.6 is 0 Å². The minimum Gasteiger partial charge on any atom is -0.491 e. The number of unbranched alkanes of at least 4 members (excludes halogenated alkanes) is 3. The first-order chi connectivity index (χ1) is 15.5. The first-order valence-corrected chi connectivity index (χ1v) is 11.0. The molecule has 3 N–H and O–H groups in total. The van der Waals surface area contributed by atoms with Crippen molar-refractivity contribution >= 4 is 18.2 Å². The van der Waals surface area contributed by atoms with E-state index < -0.39 is 5.82 Å². The Hall–Kier alpha value is -2.98. The summed E-state index contributed by atoms with van der Waals surface area (Å²) in [6.07, 6.45) is 3.66. The standard InChI is InChI=1S/C22H28FN5O4/c1-14-21(30)27-22-26-20-15(13-28(14)22)16(23)7-8-17(20)31-10-5-3-2-4-6-18(29)25-19-12-24-9-11-32-19/h7-8,19,24H,1-6,9-13H2,(H,25,29)(H,26,27,30). The third-order valence-electron chi connectivity index (χ3n) is 5.60. The number of rotatable bonds is 9. The minimum atomic E-state index is -0.394. The highest BCUT2D eigenvalue weighted by molar-refractivity contribution is 5.76. The highest BCUT2D eigenvalue weighted by Crippen LogP contribution is 2.34. The number of nitrogens with one attached hydrogen (secondary N) is 3. The van der Waals surface area contributed by atoms with Gasteiger partial charge in [0, 0.05) is 25.1 Å². The summed E-state index contributed by atoms with van der Waals surface area (Å²) in [6.45, 7) is 6.41. The van der Waals surface area contributed by atoms with E-state index in [0.717, 1.165) is 32.2 Å². The molecule has 4 rings (SSSR count). The Morgan fingerprint density at radius 3 is 3.00 bits per heavy atom. The fourth-order valence-electron chi connectivity index (χ4n) is 3.83. The first-order valence-electron chi connectivity index (χ1n) is 11.0. The molecule has 32 heavy (non-hydrogen) atoms. The molecular weight excluding hydrogens is 417 g/mol. The molecular formula is C22H28FN5O4. The molecule has 172 valence electrons. The molecule has 1 fully saturated rings. The average molecular weight is 445 g/mol. The second kappa shape index (κ2) is 10.1. The number of carbonyl (C=O) groups is 1. The van der Waals surface area contributed by atoms with E-state index in [1.54, 1.807) is 10.6 Å². The quantitative estimate of drug-likeness (QED) is 0.414. The van der Waals surface area contributed by atoms with Gasteiger partial charge in [-0.15, -0.1) is 0 Å². The van der Waals surface area contributed by atoms with E-state index in [9.17, 15) is 14.0 Å². The number of aromatic nitrogens is 2. The molecule has 1 unspecified atom stereocenters. The average Bonchev–Trinajstić information content (AvgIpc) is 3.07. The zero-order valence-electron chi connectivity index (χ0n) is 17.9. The van der Waals surface area contributed by atoms with E-state index in [4.69, 9.17) is 9.47 Å². The minimum absolute atomic E-state index is 0.00253. The predicted octanol–water partition coefficient (Wildman–Crippen LogP) is 0.430. The molecule has 0 aliphatic carbocycles. The summed E-state index contributed by atoms with van der Waals surface area (Å²) >= 11 is 0. The SMILES string of the molecule is C=c1c(=O)[nH]c2n1Cc1c(F)ccc(OCCCCCCC(=O)NC3CNCCO3)c1N=2. The molecule has 0 bridgehead atoms. The van der Waals surface area contributed by atoms with Crippen LogP contribution in [0.5, 0.6) is 5.75 Å². The van der Waals surface area contributed by atoms with E-state index in [1.807, 2.05) is 0 Å². The topological polar surface area (TPSA) is 110 Å². The summed E-state index contributed by atoms with van der Waals surface area (Å²) in [4.78, 5) is 30.8. The lowest BCUT2D eigenvalue weighted by molar-refractivity contribution is -0.126. The van der Waals surface area contributed by atoms with Crippen LogP contribution in [0.25, 0.3) is 6.58 Å². The molecule has 1 amide bonds. The number of fused-ring (bicyclic) bond motifs is 2. The van der Waals surface area contributed by atoms with Gasteiger partial charge in [-0.2, -0.15) is 0 Å². The van der Waals surface area contributed by atoms with Crippen LogP contribution in [0.2, 0.25) is 0 Å². The van der Waals surface area contributed by atoms with Gasteiger partial charge < -0.3 is 24.7 Å². The second-order valence-corrected chi connectivity index (χ2v) is 7.94. The van der Waals surface area contributed by atoms with Gasteiger partial charge in [0.05, 0.1) is 19.8 Å². The second-order valence-electron chi connectivity index (χ2n) is 7.94. The summed E-state index contributed by atoms with van der Waals surface area (Å²) in [5, 5.41) is 6.29. The summed E-state index contributed by atoms with van der Waals surface area (Å²) in [5.74, 6) is 0.0958. The molecule has 0 saturated carbocycles. The van der Waals surface area contributed by atoms with E-state index in [-0.39, 0.29) is 29.6 Å². The van der Waals surface area contributed by atoms with Crippen LogP contribution in [-0.2, 0) is 16.1 Å². The summed E-state index contributed by atoms with van der Waals surface area (Å²) < 4.78 is 27.2. The van der Waals surface area contributed by atoms with Crippen LogP contribution in [0.1, 0.15) is 37.7 Å². The molecule has 2 aliphatic heterocycles. The van der Waals surface area contributed by atoms with Crippen molar-refractivity contribution in [1.82, 2.24) is 20.2 Å². The van der Waals surface area contributed by atoms with Gasteiger partial charge in [0.1, 0.15) is 28.8 Å². The number of ether oxygens (including phenoxy) is 2. The number of aromatic amines is 1. The monoisotopic (exact) mass is 445 g/mol. The van der Waals surface area contributed by atoms with Gasteiger partial charge in [0.25, 0.3) is 5.56 Å². The van der Waals surface area contributed by atoms with Crippen LogP contribution in [-0.4, -0.2) is 48.0 Å². The fraction of sp³-hybridized carbons (Fsp3) is 0.500. The van der Waals surface area contributed by atoms with Crippen molar-refractivity contribution in [1.29, 1.82) is 0 Å². The fourth-order valence-corrected chi connectivity index (χ4v) is 3.83. The Morgan fingerprint density at radius 2 is 2.19 bits per heavy atom. The Morgan fingerprint density at radius 1 is 1.34 bits per heavy atom. The zero-order chi connectivity index (χ0) is 22.5. The van der Waals surface area contributed by atoms with Crippen molar-refractivity contribution in [3.8, 4) is 5.75 Å². The number of hydrogen-bond donors (Lipinski definition) is 3. The van der Waals surface area contributed by atoms with Crippen molar-refractivity contribution < 1.29 is 18.7 Å². The Balaban J connectivity index is 1.22. The van der Waals surface area contributed by atoms with Gasteiger partial charge in [0.15, 0.2) is 0 Å². The van der Waals surface area contributed by atoms with Gasteiger partial charge in [-0.3, -0.25) is 14.6 Å². The van der Waals surface area contributed by atoms with Gasteiger partial charge in [0.2, 0.25) is 11.5 Å². The van der Waals surface area contributed by atoms with E-state index >= 15 is 0 Å². The van der Waals surface area contributed by atoms with Gasteiger partial charge in [-0.25, -0.2) is 9.38 Å². The summed E-state index contributed by atoms with van der Waals surface area (Å²) in [6, 6.07) is 2.92. The third-order valence-corrected chi connectivity index (χ3v) is 5.60. The molecule has 2 aromatic rings. The van der Waals surface area contributed by atoms with Crippen molar-refractivity contribution in [2.45, 2.75) is 44.9 Å². The maximum absolute atomic E-state index is 14.3. The number of halogens is 1. The number of nitrogens with zero attached hydrogens (tertiary/aromatic N) is 2. The van der Waals surface area contributed by atoms with Crippen LogP contribution in [0, 0.1) is 5.82 Å². The number of carbonyl (C=O) groups excluding carboxylic acids is 1. The number of hydrogen-bond acceptors (Lipinski definition) is 6. The van der Waals surface area contributed by atoms with E-state index in [1.165, 1.54) is 6.07 Å². The van der Waals surface area contributed by atoms with E-state index in [0.29, 0.717) is 48.8 Å². The molecule has 10 heteroatoms. The van der Waals surface area contributed by atoms with Crippen molar-refractivity contribution in [3.05, 3.63) is 44.8 Å². The number of imidazole rings is 1. The summed E-state index contributed by atoms with van der Waals surface area (Å²) in [5.41, 5.74) is 0.793. The van der Waals surface area contributed by atoms with Gasteiger partial charge >= 0.3 is 0 Å². The number of amides is 1. The van der Waals surface area contributed by atoms with Crippen LogP contribution in [0.15, 0.2) is 21.9 Å². The number of H-pyrrole nitrogens is 1. The Bertz CT molecular complexity index is 1140. The van der Waals surface area contributed by atoms with Crippen molar-refractivity contribution in [2.24, 2.45) is 4.99 Å². The molecule has 1 atom stereocenters. The maximum atomic E-state index is 14.3. The maximum Gasteiger partial charge on any atom is 0.274 e. The largest absolute Gasteiger partial charge is 0.491 e.